The molecule has 0 atom stereocenters. The number of hydrogen-bond acceptors (Lipinski definition) is 7. The van der Waals surface area contributed by atoms with E-state index in [4.69, 9.17) is 9.47 Å². The predicted molar refractivity (Wildman–Crippen MR) is 99.3 cm³/mol. The number of thiazole rings is 1. The van der Waals surface area contributed by atoms with Gasteiger partial charge in [0.05, 0.1) is 18.0 Å². The normalized spacial score (nSPS) is 20.8. The summed E-state index contributed by atoms with van der Waals surface area (Å²) in [5.41, 5.74) is 0.653. The molecule has 2 aromatic heterocycles. The Bertz CT molecular complexity index is 817. The Balaban J connectivity index is 1.67. The maximum atomic E-state index is 12.2. The number of pyridine rings is 1. The van der Waals surface area contributed by atoms with E-state index in [9.17, 15) is 9.59 Å². The molecule has 6 nitrogen and oxygen atoms in total. The van der Waals surface area contributed by atoms with Gasteiger partial charge in [0.1, 0.15) is 21.6 Å². The van der Waals surface area contributed by atoms with Crippen molar-refractivity contribution in [1.29, 1.82) is 0 Å². The van der Waals surface area contributed by atoms with Gasteiger partial charge in [0.2, 0.25) is 0 Å². The number of esters is 2. The molecule has 26 heavy (non-hydrogen) atoms. The monoisotopic (exact) mass is 376 g/mol. The van der Waals surface area contributed by atoms with Crippen molar-refractivity contribution in [2.45, 2.75) is 58.0 Å². The molecule has 0 N–H and O–H groups in total. The first-order valence-corrected chi connectivity index (χ1v) is 9.67. The highest BCUT2D eigenvalue weighted by atomic mass is 32.1. The van der Waals surface area contributed by atoms with Crippen LogP contribution in [0.2, 0.25) is 0 Å². The lowest BCUT2D eigenvalue weighted by atomic mass is 9.82. The van der Waals surface area contributed by atoms with Gasteiger partial charge in [0.25, 0.3) is 0 Å². The molecule has 7 heteroatoms. The molecule has 140 valence electrons. The summed E-state index contributed by atoms with van der Waals surface area (Å²) < 4.78 is 10.2. The van der Waals surface area contributed by atoms with Gasteiger partial charge >= 0.3 is 11.9 Å². The van der Waals surface area contributed by atoms with E-state index in [1.807, 2.05) is 20.8 Å². The summed E-state index contributed by atoms with van der Waals surface area (Å²) in [6.45, 7) is 5.69. The van der Waals surface area contributed by atoms with Crippen molar-refractivity contribution in [1.82, 2.24) is 9.97 Å². The van der Waals surface area contributed by atoms with Crippen LogP contribution in [0.15, 0.2) is 12.1 Å². The smallest absolute Gasteiger partial charge is 0.356 e. The van der Waals surface area contributed by atoms with Crippen molar-refractivity contribution in [2.24, 2.45) is 5.92 Å². The molecule has 1 saturated carbocycles. The number of methoxy groups -OCH3 is 1. The zero-order valence-electron chi connectivity index (χ0n) is 15.6. The molecule has 1 aliphatic rings. The number of ether oxygens (including phenoxy) is 2. The summed E-state index contributed by atoms with van der Waals surface area (Å²) in [7, 11) is 1.34. The summed E-state index contributed by atoms with van der Waals surface area (Å²) in [6, 6.07) is 3.44. The van der Waals surface area contributed by atoms with Crippen molar-refractivity contribution in [2.75, 3.05) is 7.11 Å². The average Bonchev–Trinajstić information content (AvgIpc) is 3.02. The number of aromatic nitrogens is 2. The SMILES string of the molecule is COC(=O)c1ccc2nc(C3CCC(C(=O)OC(C)(C)C)CC3)sc2n1. The van der Waals surface area contributed by atoms with Crippen LogP contribution in [0.5, 0.6) is 0 Å². The second-order valence-corrected chi connectivity index (χ2v) is 8.66. The van der Waals surface area contributed by atoms with Gasteiger partial charge in [-0.2, -0.15) is 0 Å². The fourth-order valence-electron chi connectivity index (χ4n) is 3.19. The minimum atomic E-state index is -0.445. The molecule has 0 bridgehead atoms. The molecule has 0 aliphatic heterocycles. The molecule has 0 amide bonds. The van der Waals surface area contributed by atoms with E-state index < -0.39 is 11.6 Å². The Morgan fingerprint density at radius 2 is 1.81 bits per heavy atom. The molecule has 0 unspecified atom stereocenters. The summed E-state index contributed by atoms with van der Waals surface area (Å²) >= 11 is 1.52. The first kappa shape index (κ1) is 18.8. The summed E-state index contributed by atoms with van der Waals surface area (Å²) in [5.74, 6) is -0.234. The van der Waals surface area contributed by atoms with Gasteiger partial charge in [-0.15, -0.1) is 0 Å². The molecule has 2 aromatic rings. The molecule has 1 aliphatic carbocycles. The Kier molecular flexibility index (Phi) is 5.27. The lowest BCUT2D eigenvalue weighted by Crippen LogP contribution is -2.30. The van der Waals surface area contributed by atoms with E-state index in [1.54, 1.807) is 12.1 Å². The van der Waals surface area contributed by atoms with E-state index in [1.165, 1.54) is 18.4 Å². The van der Waals surface area contributed by atoms with Crippen LogP contribution in [0.3, 0.4) is 0 Å². The first-order valence-electron chi connectivity index (χ1n) is 8.85. The lowest BCUT2D eigenvalue weighted by Gasteiger charge is -2.29. The topological polar surface area (TPSA) is 78.4 Å². The fraction of sp³-hybridized carbons (Fsp3) is 0.579. The van der Waals surface area contributed by atoms with Crippen LogP contribution < -0.4 is 0 Å². The van der Waals surface area contributed by atoms with Gasteiger partial charge in [-0.1, -0.05) is 11.3 Å². The third-order valence-corrected chi connectivity index (χ3v) is 5.61. The molecule has 0 saturated heterocycles. The average molecular weight is 376 g/mol. The molecule has 1 fully saturated rings. The number of hydrogen-bond donors (Lipinski definition) is 0. The van der Waals surface area contributed by atoms with Crippen LogP contribution in [0.25, 0.3) is 10.3 Å². The van der Waals surface area contributed by atoms with Crippen LogP contribution in [0, 0.1) is 5.92 Å². The summed E-state index contributed by atoms with van der Waals surface area (Å²) in [6.07, 6.45) is 3.45. The molecule has 2 heterocycles. The lowest BCUT2D eigenvalue weighted by molar-refractivity contribution is -0.161. The fourth-order valence-corrected chi connectivity index (χ4v) is 4.29. The summed E-state index contributed by atoms with van der Waals surface area (Å²) in [5, 5.41) is 1.03. The van der Waals surface area contributed by atoms with Crippen LogP contribution in [0.4, 0.5) is 0 Å². The maximum Gasteiger partial charge on any atom is 0.356 e. The third kappa shape index (κ3) is 4.20. The quantitative estimate of drug-likeness (QED) is 0.751. The first-order chi connectivity index (χ1) is 12.3. The van der Waals surface area contributed by atoms with E-state index >= 15 is 0 Å². The predicted octanol–water partition coefficient (Wildman–Crippen LogP) is 4.09. The van der Waals surface area contributed by atoms with E-state index in [2.05, 4.69) is 9.97 Å². The number of fused-ring (bicyclic) bond motifs is 1. The highest BCUT2D eigenvalue weighted by molar-refractivity contribution is 7.18. The van der Waals surface area contributed by atoms with Gasteiger partial charge in [0, 0.05) is 5.92 Å². The van der Waals surface area contributed by atoms with Crippen molar-refractivity contribution < 1.29 is 19.1 Å². The van der Waals surface area contributed by atoms with E-state index in [-0.39, 0.29) is 11.9 Å². The maximum absolute atomic E-state index is 12.2. The Labute approximate surface area is 156 Å². The van der Waals surface area contributed by atoms with E-state index in [0.29, 0.717) is 11.6 Å². The Morgan fingerprint density at radius 3 is 2.42 bits per heavy atom. The Morgan fingerprint density at radius 1 is 1.12 bits per heavy atom. The zero-order chi connectivity index (χ0) is 18.9. The number of carbonyl (C=O) groups excluding carboxylic acids is 2. The molecule has 3 rings (SSSR count). The van der Waals surface area contributed by atoms with Gasteiger partial charge in [-0.05, 0) is 58.6 Å². The minimum Gasteiger partial charge on any atom is -0.464 e. The van der Waals surface area contributed by atoms with Crippen LogP contribution in [-0.4, -0.2) is 34.6 Å². The number of nitrogens with zero attached hydrogens (tertiary/aromatic N) is 2. The van der Waals surface area contributed by atoms with Gasteiger partial charge < -0.3 is 9.47 Å². The highest BCUT2D eigenvalue weighted by Gasteiger charge is 2.31. The molecular formula is C19H24N2O4S. The minimum absolute atomic E-state index is 0.0242. The number of rotatable bonds is 3. The van der Waals surface area contributed by atoms with Gasteiger partial charge in [0.15, 0.2) is 0 Å². The molecular weight excluding hydrogens is 352 g/mol. The third-order valence-electron chi connectivity index (χ3n) is 4.48. The molecule has 0 radical (unpaired) electrons. The van der Waals surface area contributed by atoms with Crippen molar-refractivity contribution in [3.8, 4) is 0 Å². The standard InChI is InChI=1S/C19H24N2O4S/c1-19(2,3)25-17(22)12-7-5-11(6-8-12)15-20-13-9-10-14(18(23)24-4)21-16(13)26-15/h9-12H,5-8H2,1-4H3. The second kappa shape index (κ2) is 7.31. The van der Waals surface area contributed by atoms with Crippen molar-refractivity contribution >= 4 is 33.6 Å². The van der Waals surface area contributed by atoms with Crippen molar-refractivity contribution in [3.63, 3.8) is 0 Å². The highest BCUT2D eigenvalue weighted by Crippen LogP contribution is 2.39. The zero-order valence-corrected chi connectivity index (χ0v) is 16.4. The van der Waals surface area contributed by atoms with Gasteiger partial charge in [-0.3, -0.25) is 4.79 Å². The van der Waals surface area contributed by atoms with Crippen LogP contribution in [0.1, 0.15) is 67.9 Å². The number of carbonyl (C=O) groups is 2. The summed E-state index contributed by atoms with van der Waals surface area (Å²) in [4.78, 5) is 33.6. The van der Waals surface area contributed by atoms with Crippen LogP contribution in [-0.2, 0) is 14.3 Å². The molecule has 0 aromatic carbocycles. The second-order valence-electron chi connectivity index (χ2n) is 7.65. The Hall–Kier alpha value is -2.02. The van der Waals surface area contributed by atoms with Crippen molar-refractivity contribution in [3.05, 3.63) is 22.8 Å². The largest absolute Gasteiger partial charge is 0.464 e. The molecule has 0 spiro atoms. The van der Waals surface area contributed by atoms with Gasteiger partial charge in [-0.25, -0.2) is 14.8 Å². The van der Waals surface area contributed by atoms with E-state index in [0.717, 1.165) is 41.0 Å². The van der Waals surface area contributed by atoms with Crippen LogP contribution >= 0.6 is 11.3 Å².